The van der Waals surface area contributed by atoms with Crippen molar-refractivity contribution in [3.05, 3.63) is 0 Å². The Morgan fingerprint density at radius 1 is 0.692 bits per heavy atom. The van der Waals surface area contributed by atoms with Crippen molar-refractivity contribution < 1.29 is 17.5 Å². The van der Waals surface area contributed by atoms with Gasteiger partial charge in [0.15, 0.2) is 0 Å². The fraction of sp³-hybridized carbons (Fsp3) is 0.950. The molecule has 0 rings (SSSR count). The van der Waals surface area contributed by atoms with Gasteiger partial charge in [-0.25, -0.2) is 0 Å². The number of carbonyl (C=O) groups is 1. The van der Waals surface area contributed by atoms with Crippen LogP contribution in [0.2, 0.25) is 0 Å². The van der Waals surface area contributed by atoms with E-state index in [2.05, 4.69) is 17.1 Å². The van der Waals surface area contributed by atoms with Gasteiger partial charge in [0.1, 0.15) is 5.78 Å². The molecule has 0 aromatic carbocycles. The highest BCUT2D eigenvalue weighted by Crippen LogP contribution is 2.14. The zero-order valence-corrected chi connectivity index (χ0v) is 17.7. The fourth-order valence-electron chi connectivity index (χ4n) is 3.11. The minimum atomic E-state index is -3.72. The summed E-state index contributed by atoms with van der Waals surface area (Å²) in [6.45, 7) is 2.26. The first-order valence-electron chi connectivity index (χ1n) is 10.6. The van der Waals surface area contributed by atoms with Crippen LogP contribution in [0.3, 0.4) is 0 Å². The molecule has 0 saturated heterocycles. The van der Waals surface area contributed by atoms with Gasteiger partial charge in [-0.1, -0.05) is 96.8 Å². The summed E-state index contributed by atoms with van der Waals surface area (Å²) in [5.74, 6) is 4.28. The van der Waals surface area contributed by atoms with Crippen molar-refractivity contribution >= 4 is 15.9 Å². The maximum atomic E-state index is 11.6. The number of Topliss-reactive ketones (excluding diaryl/α,β-unsaturated/α-hetero) is 1. The summed E-state index contributed by atoms with van der Waals surface area (Å²) < 4.78 is 25.9. The van der Waals surface area contributed by atoms with Crippen LogP contribution in [0, 0.1) is 0 Å². The molecule has 0 heterocycles. The van der Waals surface area contributed by atoms with Crippen LogP contribution >= 0.6 is 0 Å². The van der Waals surface area contributed by atoms with Gasteiger partial charge in [-0.2, -0.15) is 18.6 Å². The van der Waals surface area contributed by atoms with Crippen LogP contribution in [0.15, 0.2) is 0 Å². The molecule has 0 radical (unpaired) electrons. The van der Waals surface area contributed by atoms with Gasteiger partial charge in [-0.15, -0.1) is 0 Å². The topological polar surface area (TPSA) is 86.5 Å². The Labute approximate surface area is 161 Å². The van der Waals surface area contributed by atoms with E-state index in [1.54, 1.807) is 0 Å². The predicted molar refractivity (Wildman–Crippen MR) is 108 cm³/mol. The molecule has 0 aliphatic carbocycles. The smallest absolute Gasteiger partial charge is 0.283 e. The molecule has 0 bridgehead atoms. The average Bonchev–Trinajstić information content (AvgIpc) is 2.63. The normalized spacial score (nSPS) is 11.8. The van der Waals surface area contributed by atoms with E-state index in [1.165, 1.54) is 77.0 Å². The lowest BCUT2D eigenvalue weighted by molar-refractivity contribution is -0.118. The van der Waals surface area contributed by atoms with Crippen molar-refractivity contribution in [2.75, 3.05) is 5.75 Å². The monoisotopic (exact) mass is 391 g/mol. The number of carbonyl (C=O) groups excluding carboxylic acids is 1. The molecule has 0 atom stereocenters. The predicted octanol–water partition coefficient (Wildman–Crippen LogP) is 5.43. The second kappa shape index (κ2) is 17.9. The zero-order valence-electron chi connectivity index (χ0n) is 16.8. The highest BCUT2D eigenvalue weighted by Gasteiger charge is 2.12. The Bertz CT molecular complexity index is 424. The average molecular weight is 392 g/mol. The van der Waals surface area contributed by atoms with Crippen molar-refractivity contribution in [2.24, 2.45) is 5.90 Å². The van der Waals surface area contributed by atoms with Crippen LogP contribution in [0.5, 0.6) is 0 Å². The van der Waals surface area contributed by atoms with Crippen LogP contribution in [0.1, 0.15) is 116 Å². The van der Waals surface area contributed by atoms with Crippen LogP contribution in [-0.4, -0.2) is 20.0 Å². The standard InChI is InChI=1S/C20H41NO4S/c1-2-3-4-5-6-7-8-9-10-11-12-13-14-15-16-17-20(22)18-19-26(23,24)25-21/h2-19,21H2,1H3. The molecule has 6 heteroatoms. The largest absolute Gasteiger partial charge is 0.300 e. The first-order valence-corrected chi connectivity index (χ1v) is 12.2. The van der Waals surface area contributed by atoms with Crippen LogP contribution in [0.25, 0.3) is 0 Å². The Kier molecular flexibility index (Phi) is 17.6. The maximum absolute atomic E-state index is 11.6. The Hall–Kier alpha value is -0.460. The Morgan fingerprint density at radius 3 is 1.46 bits per heavy atom. The van der Waals surface area contributed by atoms with Gasteiger partial charge < -0.3 is 0 Å². The molecule has 5 nitrogen and oxygen atoms in total. The Morgan fingerprint density at radius 2 is 1.08 bits per heavy atom. The first-order chi connectivity index (χ1) is 12.5. The van der Waals surface area contributed by atoms with Crippen LogP contribution < -0.4 is 5.90 Å². The molecule has 0 unspecified atom stereocenters. The number of nitrogens with two attached hydrogens (primary N) is 1. The number of hydrogen-bond acceptors (Lipinski definition) is 5. The van der Waals surface area contributed by atoms with Crippen LogP contribution in [0.4, 0.5) is 0 Å². The quantitative estimate of drug-likeness (QED) is 0.221. The second-order valence-electron chi connectivity index (χ2n) is 7.35. The molecule has 0 aliphatic heterocycles. The summed E-state index contributed by atoms with van der Waals surface area (Å²) in [7, 11) is -3.72. The number of hydrogen-bond donors (Lipinski definition) is 1. The van der Waals surface area contributed by atoms with E-state index in [1.807, 2.05) is 0 Å². The van der Waals surface area contributed by atoms with Gasteiger partial charge in [-0.05, 0) is 6.42 Å². The molecule has 0 amide bonds. The number of unbranched alkanes of at least 4 members (excludes halogenated alkanes) is 14. The van der Waals surface area contributed by atoms with Gasteiger partial charge >= 0.3 is 0 Å². The fourth-order valence-corrected chi connectivity index (χ4v) is 3.68. The highest BCUT2D eigenvalue weighted by molar-refractivity contribution is 7.86. The Balaban J connectivity index is 3.23. The summed E-state index contributed by atoms with van der Waals surface area (Å²) in [5, 5.41) is 0. The minimum absolute atomic E-state index is 0.00185. The SMILES string of the molecule is CCCCCCCCCCCCCCCCCC(=O)CCS(=O)(=O)ON. The van der Waals surface area contributed by atoms with Crippen molar-refractivity contribution in [1.29, 1.82) is 0 Å². The van der Waals surface area contributed by atoms with Crippen molar-refractivity contribution in [1.82, 2.24) is 0 Å². The second-order valence-corrected chi connectivity index (χ2v) is 9.06. The molecule has 26 heavy (non-hydrogen) atoms. The zero-order chi connectivity index (χ0) is 19.5. The molecular weight excluding hydrogens is 350 g/mol. The van der Waals surface area contributed by atoms with E-state index in [-0.39, 0.29) is 18.0 Å². The molecule has 0 spiro atoms. The molecule has 0 aliphatic rings. The molecular formula is C20H41NO4S. The summed E-state index contributed by atoms with van der Waals surface area (Å²) >= 11 is 0. The molecule has 0 saturated carbocycles. The molecule has 0 aromatic rings. The number of ketones is 1. The van der Waals surface area contributed by atoms with E-state index in [0.717, 1.165) is 19.3 Å². The van der Waals surface area contributed by atoms with E-state index in [0.29, 0.717) is 6.42 Å². The molecule has 156 valence electrons. The maximum Gasteiger partial charge on any atom is 0.283 e. The number of rotatable bonds is 20. The van der Waals surface area contributed by atoms with E-state index in [4.69, 9.17) is 0 Å². The minimum Gasteiger partial charge on any atom is -0.300 e. The van der Waals surface area contributed by atoms with Gasteiger partial charge in [0.2, 0.25) is 0 Å². The van der Waals surface area contributed by atoms with Gasteiger partial charge in [0.05, 0.1) is 5.75 Å². The van der Waals surface area contributed by atoms with Crippen LogP contribution in [-0.2, 0) is 19.2 Å². The van der Waals surface area contributed by atoms with Gasteiger partial charge in [-0.3, -0.25) is 4.79 Å². The van der Waals surface area contributed by atoms with E-state index < -0.39 is 10.1 Å². The summed E-state index contributed by atoms with van der Waals surface area (Å²) in [6.07, 6.45) is 19.8. The van der Waals surface area contributed by atoms with Crippen molar-refractivity contribution in [2.45, 2.75) is 116 Å². The summed E-state index contributed by atoms with van der Waals surface area (Å²) in [6, 6.07) is 0. The van der Waals surface area contributed by atoms with E-state index in [9.17, 15) is 13.2 Å². The van der Waals surface area contributed by atoms with Crippen molar-refractivity contribution in [3.8, 4) is 0 Å². The molecule has 0 aromatic heterocycles. The highest BCUT2D eigenvalue weighted by atomic mass is 32.2. The summed E-state index contributed by atoms with van der Waals surface area (Å²) in [4.78, 5) is 11.6. The van der Waals surface area contributed by atoms with E-state index >= 15 is 0 Å². The summed E-state index contributed by atoms with van der Waals surface area (Å²) in [5.41, 5.74) is 0. The van der Waals surface area contributed by atoms with Crippen molar-refractivity contribution in [3.63, 3.8) is 0 Å². The third-order valence-electron chi connectivity index (χ3n) is 4.84. The van der Waals surface area contributed by atoms with Gasteiger partial charge in [0, 0.05) is 12.8 Å². The molecule has 0 fully saturated rings. The van der Waals surface area contributed by atoms with Gasteiger partial charge in [0.25, 0.3) is 10.1 Å². The third-order valence-corrected chi connectivity index (χ3v) is 5.83. The lowest BCUT2D eigenvalue weighted by Crippen LogP contribution is -2.17. The molecule has 2 N–H and O–H groups in total. The lowest BCUT2D eigenvalue weighted by Gasteiger charge is -2.04. The first kappa shape index (κ1) is 25.5. The lowest BCUT2D eigenvalue weighted by atomic mass is 10.0. The third kappa shape index (κ3) is 18.3.